The van der Waals surface area contributed by atoms with Gasteiger partial charge in [-0.05, 0) is 56.0 Å². The van der Waals surface area contributed by atoms with Crippen LogP contribution in [0.2, 0.25) is 0 Å². The highest BCUT2D eigenvalue weighted by atomic mass is 16.3. The standard InChI is InChI=1S/C24H27N5O2/c1-3-20-22(17-5-7-21(25)26-13-17)23(28-14-27-20)16-4-6-19(15(2)12-16)24(31)29-10-8-18(30)9-11-29/h4-7,12-14,18,30H,3,8-11H2,1-2H3,(H2,25,26). The Morgan fingerprint density at radius 3 is 2.52 bits per heavy atom. The lowest BCUT2D eigenvalue weighted by Crippen LogP contribution is -2.40. The molecule has 1 fully saturated rings. The number of hydrogen-bond acceptors (Lipinski definition) is 6. The second kappa shape index (κ2) is 8.81. The maximum Gasteiger partial charge on any atom is 0.254 e. The summed E-state index contributed by atoms with van der Waals surface area (Å²) in [4.78, 5) is 28.1. The number of nitrogen functional groups attached to an aromatic ring is 1. The fourth-order valence-electron chi connectivity index (χ4n) is 4.06. The molecular weight excluding hydrogens is 390 g/mol. The maximum atomic E-state index is 13.0. The third-order valence-electron chi connectivity index (χ3n) is 5.82. The molecule has 0 radical (unpaired) electrons. The average Bonchev–Trinajstić information content (AvgIpc) is 2.79. The first-order valence-electron chi connectivity index (χ1n) is 10.6. The minimum absolute atomic E-state index is 0.0100. The number of amides is 1. The molecule has 7 nitrogen and oxygen atoms in total. The van der Waals surface area contributed by atoms with Crippen molar-refractivity contribution in [1.29, 1.82) is 0 Å². The second-order valence-electron chi connectivity index (χ2n) is 7.92. The summed E-state index contributed by atoms with van der Waals surface area (Å²) < 4.78 is 0. The number of hydrogen-bond donors (Lipinski definition) is 2. The van der Waals surface area contributed by atoms with E-state index < -0.39 is 0 Å². The Morgan fingerprint density at radius 1 is 1.13 bits per heavy atom. The van der Waals surface area contributed by atoms with E-state index >= 15 is 0 Å². The van der Waals surface area contributed by atoms with Crippen LogP contribution in [0.3, 0.4) is 0 Å². The number of piperidine rings is 1. The monoisotopic (exact) mass is 417 g/mol. The van der Waals surface area contributed by atoms with Crippen molar-refractivity contribution in [3.63, 3.8) is 0 Å². The van der Waals surface area contributed by atoms with Gasteiger partial charge in [0, 0.05) is 41.5 Å². The summed E-state index contributed by atoms with van der Waals surface area (Å²) in [5, 5.41) is 9.71. The van der Waals surface area contributed by atoms with Crippen LogP contribution in [0.25, 0.3) is 22.4 Å². The molecule has 3 heterocycles. The molecular formula is C24H27N5O2. The summed E-state index contributed by atoms with van der Waals surface area (Å²) in [6.07, 6.45) is 5.03. The number of rotatable bonds is 4. The maximum absolute atomic E-state index is 13.0. The van der Waals surface area contributed by atoms with Crippen molar-refractivity contribution in [2.24, 2.45) is 0 Å². The van der Waals surface area contributed by atoms with Gasteiger partial charge in [0.1, 0.15) is 12.1 Å². The highest BCUT2D eigenvalue weighted by Crippen LogP contribution is 2.33. The summed E-state index contributed by atoms with van der Waals surface area (Å²) in [6, 6.07) is 9.52. The van der Waals surface area contributed by atoms with Crippen molar-refractivity contribution >= 4 is 11.7 Å². The Labute approximate surface area is 182 Å². The van der Waals surface area contributed by atoms with Gasteiger partial charge in [-0.3, -0.25) is 4.79 Å². The zero-order chi connectivity index (χ0) is 22.0. The van der Waals surface area contributed by atoms with E-state index in [2.05, 4.69) is 21.9 Å². The Balaban J connectivity index is 1.71. The van der Waals surface area contributed by atoms with Crippen molar-refractivity contribution in [3.8, 4) is 22.4 Å². The van der Waals surface area contributed by atoms with Crippen LogP contribution in [0.15, 0.2) is 42.9 Å². The van der Waals surface area contributed by atoms with Gasteiger partial charge in [-0.1, -0.05) is 13.0 Å². The Morgan fingerprint density at radius 2 is 1.87 bits per heavy atom. The van der Waals surface area contributed by atoms with Crippen LogP contribution < -0.4 is 5.73 Å². The van der Waals surface area contributed by atoms with E-state index in [1.165, 1.54) is 0 Å². The van der Waals surface area contributed by atoms with Crippen LogP contribution in [0.1, 0.15) is 41.4 Å². The predicted molar refractivity (Wildman–Crippen MR) is 120 cm³/mol. The fraction of sp³-hybridized carbons (Fsp3) is 0.333. The number of aliphatic hydroxyl groups is 1. The lowest BCUT2D eigenvalue weighted by atomic mass is 9.95. The van der Waals surface area contributed by atoms with Gasteiger partial charge in [-0.15, -0.1) is 0 Å². The molecule has 2 aromatic heterocycles. The molecule has 0 aliphatic carbocycles. The Bertz CT molecular complexity index is 1090. The zero-order valence-electron chi connectivity index (χ0n) is 17.9. The van der Waals surface area contributed by atoms with Crippen LogP contribution in [0, 0.1) is 6.92 Å². The second-order valence-corrected chi connectivity index (χ2v) is 7.92. The number of anilines is 1. The lowest BCUT2D eigenvalue weighted by Gasteiger charge is -2.30. The Kier molecular flexibility index (Phi) is 5.95. The molecule has 7 heteroatoms. The van der Waals surface area contributed by atoms with Crippen molar-refractivity contribution in [2.75, 3.05) is 18.8 Å². The Hall–Kier alpha value is -3.32. The van der Waals surface area contributed by atoms with Crippen molar-refractivity contribution < 1.29 is 9.90 Å². The topological polar surface area (TPSA) is 105 Å². The molecule has 0 bridgehead atoms. The first-order valence-corrected chi connectivity index (χ1v) is 10.6. The number of aliphatic hydroxyl groups excluding tert-OH is 1. The molecule has 160 valence electrons. The van der Waals surface area contributed by atoms with Gasteiger partial charge < -0.3 is 15.7 Å². The van der Waals surface area contributed by atoms with Crippen LogP contribution in [-0.4, -0.2) is 50.1 Å². The molecule has 3 aromatic rings. The summed E-state index contributed by atoms with van der Waals surface area (Å²) in [5.41, 5.74) is 11.8. The van der Waals surface area contributed by atoms with E-state index in [4.69, 9.17) is 5.73 Å². The number of nitrogens with zero attached hydrogens (tertiary/aromatic N) is 4. The number of likely N-dealkylation sites (tertiary alicyclic amines) is 1. The molecule has 1 aliphatic rings. The van der Waals surface area contributed by atoms with Crippen LogP contribution >= 0.6 is 0 Å². The lowest BCUT2D eigenvalue weighted by molar-refractivity contribution is 0.0546. The zero-order valence-corrected chi connectivity index (χ0v) is 17.9. The molecule has 1 aromatic carbocycles. The number of nitrogens with two attached hydrogens (primary N) is 1. The number of benzene rings is 1. The van der Waals surface area contributed by atoms with E-state index in [0.717, 1.165) is 40.1 Å². The smallest absolute Gasteiger partial charge is 0.254 e. The van der Waals surface area contributed by atoms with Crippen molar-refractivity contribution in [2.45, 2.75) is 39.2 Å². The molecule has 0 atom stereocenters. The van der Waals surface area contributed by atoms with Crippen LogP contribution in [0.4, 0.5) is 5.82 Å². The first-order chi connectivity index (χ1) is 15.0. The molecule has 3 N–H and O–H groups in total. The predicted octanol–water partition coefficient (Wildman–Crippen LogP) is 3.26. The fourth-order valence-corrected chi connectivity index (χ4v) is 4.06. The molecule has 1 amide bonds. The molecule has 0 saturated carbocycles. The van der Waals surface area contributed by atoms with E-state index in [0.29, 0.717) is 37.3 Å². The van der Waals surface area contributed by atoms with Crippen LogP contribution in [-0.2, 0) is 6.42 Å². The van der Waals surface area contributed by atoms with Crippen molar-refractivity contribution in [3.05, 3.63) is 59.7 Å². The van der Waals surface area contributed by atoms with Gasteiger partial charge in [0.05, 0.1) is 17.5 Å². The van der Waals surface area contributed by atoms with E-state index in [1.807, 2.05) is 36.1 Å². The third kappa shape index (κ3) is 4.27. The van der Waals surface area contributed by atoms with E-state index in [-0.39, 0.29) is 12.0 Å². The number of carbonyl (C=O) groups is 1. The summed E-state index contributed by atoms with van der Waals surface area (Å²) in [5.74, 6) is 0.472. The summed E-state index contributed by atoms with van der Waals surface area (Å²) in [6.45, 7) is 5.17. The van der Waals surface area contributed by atoms with Gasteiger partial charge in [0.2, 0.25) is 0 Å². The van der Waals surface area contributed by atoms with Gasteiger partial charge >= 0.3 is 0 Å². The molecule has 0 spiro atoms. The molecule has 4 rings (SSSR count). The molecule has 1 saturated heterocycles. The number of aromatic nitrogens is 3. The van der Waals surface area contributed by atoms with Crippen molar-refractivity contribution in [1.82, 2.24) is 19.9 Å². The van der Waals surface area contributed by atoms with Gasteiger partial charge in [-0.2, -0.15) is 0 Å². The minimum Gasteiger partial charge on any atom is -0.393 e. The van der Waals surface area contributed by atoms with Crippen LogP contribution in [0.5, 0.6) is 0 Å². The van der Waals surface area contributed by atoms with Gasteiger partial charge in [0.15, 0.2) is 0 Å². The van der Waals surface area contributed by atoms with Gasteiger partial charge in [-0.25, -0.2) is 15.0 Å². The molecule has 0 unspecified atom stereocenters. The summed E-state index contributed by atoms with van der Waals surface area (Å²) in [7, 11) is 0. The van der Waals surface area contributed by atoms with E-state index in [1.54, 1.807) is 18.6 Å². The minimum atomic E-state index is -0.306. The number of carbonyl (C=O) groups excluding carboxylic acids is 1. The number of pyridine rings is 1. The van der Waals surface area contributed by atoms with Gasteiger partial charge in [0.25, 0.3) is 5.91 Å². The highest BCUT2D eigenvalue weighted by Gasteiger charge is 2.24. The quantitative estimate of drug-likeness (QED) is 0.675. The molecule has 1 aliphatic heterocycles. The summed E-state index contributed by atoms with van der Waals surface area (Å²) >= 11 is 0. The normalized spacial score (nSPS) is 14.6. The molecule has 31 heavy (non-hydrogen) atoms. The van der Waals surface area contributed by atoms with E-state index in [9.17, 15) is 9.90 Å². The average molecular weight is 418 g/mol. The SMILES string of the molecule is CCc1ncnc(-c2ccc(C(=O)N3CCC(O)CC3)c(C)c2)c1-c1ccc(N)nc1. The first kappa shape index (κ1) is 20.9. The number of aryl methyl sites for hydroxylation is 2. The largest absolute Gasteiger partial charge is 0.393 e. The highest BCUT2D eigenvalue weighted by molar-refractivity contribution is 5.96. The third-order valence-corrected chi connectivity index (χ3v) is 5.82.